The summed E-state index contributed by atoms with van der Waals surface area (Å²) in [5.41, 5.74) is 16.1. The Bertz CT molecular complexity index is 2840. The normalized spacial score (nSPS) is 23.3. The molecule has 2 fully saturated rings. The van der Waals surface area contributed by atoms with Crippen molar-refractivity contribution >= 4 is 0 Å². The second-order valence-electron chi connectivity index (χ2n) is 18.3. The Labute approximate surface area is 443 Å². The molecule has 0 N–H and O–H groups in total. The second-order valence-corrected chi connectivity index (χ2v) is 18.3. The summed E-state index contributed by atoms with van der Waals surface area (Å²) in [7, 11) is 0. The molecule has 0 spiro atoms. The monoisotopic (exact) mass is 1030 g/mol. The summed E-state index contributed by atoms with van der Waals surface area (Å²) < 4.78 is 69.0. The summed E-state index contributed by atoms with van der Waals surface area (Å²) in [6.07, 6.45) is -1.15. The van der Waals surface area contributed by atoms with Crippen LogP contribution in [0.5, 0.6) is 0 Å². The fourth-order valence-corrected chi connectivity index (χ4v) is 9.25. The van der Waals surface area contributed by atoms with Gasteiger partial charge in [0.2, 0.25) is 0 Å². The molecule has 0 amide bonds. The molecular formula is C60H62N6O10. The van der Waals surface area contributed by atoms with Crippen LogP contribution < -0.4 is 0 Å². The average molecular weight is 1030 g/mol. The first-order valence-electron chi connectivity index (χ1n) is 25.4. The lowest BCUT2D eigenvalue weighted by atomic mass is 9.96. The Morgan fingerprint density at radius 3 is 1.30 bits per heavy atom. The van der Waals surface area contributed by atoms with Gasteiger partial charge in [-0.05, 0) is 38.9 Å². The minimum atomic E-state index is -1.11. The van der Waals surface area contributed by atoms with Crippen LogP contribution in [0.25, 0.3) is 10.4 Å². The number of rotatable bonds is 27. The first kappa shape index (κ1) is 53.7. The lowest BCUT2D eigenvalue weighted by molar-refractivity contribution is -0.290. The Kier molecular flexibility index (Phi) is 20.3. The van der Waals surface area contributed by atoms with E-state index in [0.717, 1.165) is 33.4 Å². The highest BCUT2D eigenvalue weighted by molar-refractivity contribution is 5.18. The third-order valence-corrected chi connectivity index (χ3v) is 13.0. The number of benzene rings is 6. The topological polar surface area (TPSA) is 172 Å². The minimum Gasteiger partial charge on any atom is -0.374 e. The summed E-state index contributed by atoms with van der Waals surface area (Å²) in [5.74, 6) is 2.63. The van der Waals surface area contributed by atoms with Crippen molar-refractivity contribution in [1.82, 2.24) is 15.0 Å². The van der Waals surface area contributed by atoms with E-state index in [2.05, 4.69) is 26.3 Å². The van der Waals surface area contributed by atoms with E-state index in [4.69, 9.17) is 53.8 Å². The van der Waals surface area contributed by atoms with Gasteiger partial charge in [0, 0.05) is 4.91 Å². The van der Waals surface area contributed by atoms with Crippen LogP contribution in [0.15, 0.2) is 193 Å². The van der Waals surface area contributed by atoms with Crippen molar-refractivity contribution in [3.8, 4) is 12.3 Å². The molecule has 6 aromatic carbocycles. The number of ether oxygens (including phenoxy) is 10. The zero-order valence-electron chi connectivity index (χ0n) is 42.1. The largest absolute Gasteiger partial charge is 0.374 e. The Hall–Kier alpha value is -7.07. The third kappa shape index (κ3) is 15.1. The van der Waals surface area contributed by atoms with Gasteiger partial charge in [-0.3, -0.25) is 0 Å². The van der Waals surface area contributed by atoms with E-state index < -0.39 is 61.3 Å². The third-order valence-electron chi connectivity index (χ3n) is 13.0. The molecule has 7 aromatic rings. The maximum absolute atomic E-state index is 9.94. The first-order chi connectivity index (χ1) is 37.6. The molecule has 16 nitrogen and oxygen atoms in total. The van der Waals surface area contributed by atoms with Crippen molar-refractivity contribution in [2.45, 2.75) is 108 Å². The molecular weight excluding hydrogens is 965 g/mol. The van der Waals surface area contributed by atoms with Gasteiger partial charge in [0.15, 0.2) is 12.5 Å². The molecule has 76 heavy (non-hydrogen) atoms. The van der Waals surface area contributed by atoms with E-state index in [1.807, 2.05) is 182 Å². The molecule has 0 radical (unpaired) electrons. The Morgan fingerprint density at radius 1 is 0.474 bits per heavy atom. The number of aromatic nitrogens is 3. The summed E-state index contributed by atoms with van der Waals surface area (Å²) in [6.45, 7) is 1.48. The maximum Gasteiger partial charge on any atom is 0.181 e. The molecule has 9 rings (SSSR count). The Morgan fingerprint density at radius 2 is 0.855 bits per heavy atom. The molecule has 0 unspecified atom stereocenters. The molecule has 2 aliphatic heterocycles. The van der Waals surface area contributed by atoms with Crippen LogP contribution in [0.1, 0.15) is 45.3 Å². The van der Waals surface area contributed by atoms with Gasteiger partial charge < -0.3 is 47.4 Å². The van der Waals surface area contributed by atoms with Crippen LogP contribution in [0.3, 0.4) is 0 Å². The molecule has 0 bridgehead atoms. The van der Waals surface area contributed by atoms with Gasteiger partial charge in [0.05, 0.1) is 71.4 Å². The number of hydrogen-bond donors (Lipinski definition) is 0. The average Bonchev–Trinajstić information content (AvgIpc) is 3.95. The maximum atomic E-state index is 9.94. The fraction of sp³-hybridized carbons (Fsp3) is 0.333. The van der Waals surface area contributed by atoms with E-state index in [1.54, 1.807) is 10.9 Å². The van der Waals surface area contributed by atoms with Crippen molar-refractivity contribution < 1.29 is 47.4 Å². The van der Waals surface area contributed by atoms with Crippen LogP contribution in [-0.4, -0.2) is 89.9 Å². The predicted molar refractivity (Wildman–Crippen MR) is 281 cm³/mol. The smallest absolute Gasteiger partial charge is 0.181 e. The van der Waals surface area contributed by atoms with Gasteiger partial charge in [-0.25, -0.2) is 4.68 Å². The van der Waals surface area contributed by atoms with Crippen molar-refractivity contribution in [1.29, 1.82) is 0 Å². The SMILES string of the molecule is C#CCO[C@@H]1[C@H](OCc2ccccc2)[C@@H](OCc2ccccc2)[C@H](n2nncc2CO[C@@H]2[C@H](OCc3ccccc3)[C@@H](OCc3ccccc3)[C@H](N=[N+]=[N-])O[C@@H]2COCc2ccccc2)O[C@@H]1COCc1ccccc1. The molecule has 3 heterocycles. The molecule has 0 aliphatic carbocycles. The number of hydrogen-bond acceptors (Lipinski definition) is 13. The number of nitrogens with zero attached hydrogens (tertiary/aromatic N) is 6. The molecule has 2 saturated heterocycles. The summed E-state index contributed by atoms with van der Waals surface area (Å²) in [6, 6.07) is 59.0. The van der Waals surface area contributed by atoms with Gasteiger partial charge in [-0.1, -0.05) is 198 Å². The summed E-state index contributed by atoms with van der Waals surface area (Å²) >= 11 is 0. The lowest BCUT2D eigenvalue weighted by Crippen LogP contribution is -2.60. The van der Waals surface area contributed by atoms with Crippen molar-refractivity contribution in [2.24, 2.45) is 5.11 Å². The molecule has 10 atom stereocenters. The van der Waals surface area contributed by atoms with Crippen LogP contribution in [0.4, 0.5) is 0 Å². The highest BCUT2D eigenvalue weighted by atomic mass is 16.6. The van der Waals surface area contributed by atoms with E-state index in [1.165, 1.54) is 0 Å². The van der Waals surface area contributed by atoms with Crippen molar-refractivity contribution in [2.75, 3.05) is 19.8 Å². The van der Waals surface area contributed by atoms with E-state index in [0.29, 0.717) is 18.9 Å². The van der Waals surface area contributed by atoms with Gasteiger partial charge in [0.25, 0.3) is 0 Å². The number of azide groups is 1. The first-order valence-corrected chi connectivity index (χ1v) is 25.4. The zero-order valence-corrected chi connectivity index (χ0v) is 42.1. The van der Waals surface area contributed by atoms with Crippen LogP contribution in [-0.2, 0) is 93.6 Å². The molecule has 1 aromatic heterocycles. The minimum absolute atomic E-state index is 0.0172. The second kappa shape index (κ2) is 28.7. The van der Waals surface area contributed by atoms with E-state index in [-0.39, 0.29) is 52.9 Å². The van der Waals surface area contributed by atoms with Crippen LogP contribution >= 0.6 is 0 Å². The van der Waals surface area contributed by atoms with Gasteiger partial charge in [0.1, 0.15) is 55.4 Å². The van der Waals surface area contributed by atoms with Gasteiger partial charge in [-0.2, -0.15) is 0 Å². The van der Waals surface area contributed by atoms with Gasteiger partial charge >= 0.3 is 0 Å². The quantitative estimate of drug-likeness (QED) is 0.0207. The van der Waals surface area contributed by atoms with E-state index >= 15 is 0 Å². The van der Waals surface area contributed by atoms with E-state index in [9.17, 15) is 5.53 Å². The standard InChI is InChI=1S/C60H62N6O10/c1-2-33-69-53-52(43-68-36-45-23-11-4-12-24-45)76-60(58(73-40-49-31-19-8-20-32-49)56(53)71-38-47-27-15-6-16-28-47)66-50(34-62-65-66)41-74-54-51(42-67-35-44-21-9-3-10-22-44)75-59(63-64-61)57(72-39-48-29-17-7-18-30-48)55(54)70-37-46-25-13-5-14-26-46/h1,3-32,34,51-60H,33,35-43H2/t51-,52-,53+,54+,55+,56+,57-,58-,59-,60-/m1/s1. The molecule has 2 aliphatic rings. The molecule has 0 saturated carbocycles. The number of terminal acetylenes is 1. The van der Waals surface area contributed by atoms with Gasteiger partial charge in [-0.15, -0.1) is 11.5 Å². The molecule has 16 heteroatoms. The lowest BCUT2D eigenvalue weighted by Gasteiger charge is -2.46. The highest BCUT2D eigenvalue weighted by Crippen LogP contribution is 2.37. The molecule has 392 valence electrons. The zero-order chi connectivity index (χ0) is 52.0. The van der Waals surface area contributed by atoms with Crippen LogP contribution in [0, 0.1) is 12.3 Å². The summed E-state index contributed by atoms with van der Waals surface area (Å²) in [5, 5.41) is 13.2. The van der Waals surface area contributed by atoms with Crippen LogP contribution in [0.2, 0.25) is 0 Å². The van der Waals surface area contributed by atoms with Crippen molar-refractivity contribution in [3.05, 3.63) is 238 Å². The summed E-state index contributed by atoms with van der Waals surface area (Å²) in [4.78, 5) is 3.19. The Balaban J connectivity index is 1.06. The fourth-order valence-electron chi connectivity index (χ4n) is 9.25. The predicted octanol–water partition coefficient (Wildman–Crippen LogP) is 9.89. The van der Waals surface area contributed by atoms with Crippen molar-refractivity contribution in [3.63, 3.8) is 0 Å². The highest BCUT2D eigenvalue weighted by Gasteiger charge is 2.51.